The number of rotatable bonds is 20. The molecule has 0 radical (unpaired) electrons. The van der Waals surface area contributed by atoms with Gasteiger partial charge in [-0.2, -0.15) is 0 Å². The van der Waals surface area contributed by atoms with Crippen LogP contribution in [0, 0.1) is 0 Å². The number of amides is 4. The van der Waals surface area contributed by atoms with Crippen LogP contribution >= 0.6 is 0 Å². The Balaban J connectivity index is 1.24. The number of nitrogens with two attached hydrogens (primary N) is 4. The van der Waals surface area contributed by atoms with Gasteiger partial charge < -0.3 is 63.5 Å². The number of carboxylic acid groups (broad SMARTS) is 1. The summed E-state index contributed by atoms with van der Waals surface area (Å²) >= 11 is 0. The van der Waals surface area contributed by atoms with Crippen molar-refractivity contribution in [3.63, 3.8) is 0 Å². The summed E-state index contributed by atoms with van der Waals surface area (Å²) in [5.74, 6) is -1.96. The van der Waals surface area contributed by atoms with Gasteiger partial charge in [0.25, 0.3) is 0 Å². The highest BCUT2D eigenvalue weighted by Crippen LogP contribution is 2.45. The highest BCUT2D eigenvalue weighted by Gasteiger charge is 2.31. The molecule has 2 aliphatic rings. The topological polar surface area (TPSA) is 310 Å². The number of aliphatic imine (C=N–C) groups is 2. The molecule has 67 heavy (non-hydrogen) atoms. The standard InChI is InChI=1S/C48H52N10O9/c49-45(50)53-23-9-17-37(57-47(63)65-27-29-11-3-1-4-12-29)42(59)55-31-19-21-35-39(25-31)67-40-26-32(20-22-36(40)41(35)33-15-7-8-16-34(33)44(61)62)56-43(60)38(18-10-24-54-46(51)52)58-48(64)66-28-30-13-5-2-6-14-30/h1-8,11-16,19-22,25-26,31,37-38H,9-10,17-18,23-24,27-28H2,(H,55,59)(H,56,60)(H,57,63)(H,58,64)(H,61,62)(H4,49,50,53)(H4,51,52,54)/t31?,37-,38-/m0/s1. The Bertz CT molecular complexity index is 2590. The van der Waals surface area contributed by atoms with Crippen LogP contribution in [-0.2, 0) is 32.3 Å². The van der Waals surface area contributed by atoms with Crippen LogP contribution in [-0.4, -0.2) is 78.2 Å². The van der Waals surface area contributed by atoms with Crippen LogP contribution in [0.15, 0.2) is 143 Å². The molecule has 1 heterocycles. The van der Waals surface area contributed by atoms with Gasteiger partial charge in [0.05, 0.1) is 11.6 Å². The summed E-state index contributed by atoms with van der Waals surface area (Å²) in [4.78, 5) is 74.0. The molecule has 0 aromatic heterocycles. The second kappa shape index (κ2) is 23.4. The molecule has 1 unspecified atom stereocenters. The zero-order valence-corrected chi connectivity index (χ0v) is 36.4. The minimum Gasteiger partial charge on any atom is -0.478 e. The van der Waals surface area contributed by atoms with E-state index < -0.39 is 48.1 Å². The van der Waals surface area contributed by atoms with E-state index in [2.05, 4.69) is 31.3 Å². The first-order valence-electron chi connectivity index (χ1n) is 21.3. The lowest BCUT2D eigenvalue weighted by molar-refractivity contribution is -0.123. The van der Waals surface area contributed by atoms with Crippen molar-refractivity contribution in [1.82, 2.24) is 16.0 Å². The number of carboxylic acids is 1. The first-order valence-corrected chi connectivity index (χ1v) is 21.3. The van der Waals surface area contributed by atoms with Crippen LogP contribution in [0.1, 0.15) is 58.3 Å². The molecular formula is C48H52N10O9. The molecule has 0 fully saturated rings. The van der Waals surface area contributed by atoms with Crippen LogP contribution in [0.2, 0.25) is 0 Å². The maximum Gasteiger partial charge on any atom is 0.408 e. The average Bonchev–Trinajstić information content (AvgIpc) is 3.31. The summed E-state index contributed by atoms with van der Waals surface area (Å²) in [6.45, 7) is 0.388. The molecule has 4 aromatic rings. The van der Waals surface area contributed by atoms with E-state index in [-0.39, 0.29) is 73.8 Å². The van der Waals surface area contributed by atoms with Gasteiger partial charge >= 0.3 is 18.2 Å². The fourth-order valence-corrected chi connectivity index (χ4v) is 7.16. The minimum absolute atomic E-state index is 0.0128. The van der Waals surface area contributed by atoms with Crippen molar-refractivity contribution in [3.8, 4) is 5.75 Å². The van der Waals surface area contributed by atoms with Gasteiger partial charge in [0.1, 0.15) is 36.8 Å². The van der Waals surface area contributed by atoms with Gasteiger partial charge in [0.2, 0.25) is 11.8 Å². The number of alkyl carbamates (subject to hydrolysis) is 2. The Labute approximate surface area is 386 Å². The maximum absolute atomic E-state index is 13.9. The predicted octanol–water partition coefficient (Wildman–Crippen LogP) is 4.15. The fourth-order valence-electron chi connectivity index (χ4n) is 7.16. The number of ether oxygens (including phenoxy) is 3. The highest BCUT2D eigenvalue weighted by atomic mass is 16.6. The van der Waals surface area contributed by atoms with Crippen LogP contribution < -0.4 is 48.9 Å². The van der Waals surface area contributed by atoms with Crippen molar-refractivity contribution in [2.75, 3.05) is 18.4 Å². The quantitative estimate of drug-likeness (QED) is 0.0342. The van der Waals surface area contributed by atoms with Gasteiger partial charge in [0, 0.05) is 41.6 Å². The lowest BCUT2D eigenvalue weighted by atomic mass is 9.85. The minimum atomic E-state index is -1.16. The molecule has 348 valence electrons. The van der Waals surface area contributed by atoms with Crippen molar-refractivity contribution in [1.29, 1.82) is 0 Å². The second-order valence-electron chi connectivity index (χ2n) is 15.3. The molecule has 4 amide bonds. The molecule has 1 aliphatic carbocycles. The number of hydrogen-bond donors (Lipinski definition) is 9. The van der Waals surface area contributed by atoms with Crippen molar-refractivity contribution < 1.29 is 43.3 Å². The molecule has 13 N–H and O–H groups in total. The Morgan fingerprint density at radius 1 is 0.687 bits per heavy atom. The molecule has 0 saturated heterocycles. The third-order valence-electron chi connectivity index (χ3n) is 10.3. The Morgan fingerprint density at radius 2 is 1.24 bits per heavy atom. The fraction of sp³-hybridized carbons (Fsp3) is 0.229. The SMILES string of the molecule is NC(N)=NCCC[C@H](NC(=O)OCc1ccccc1)C(=O)Nc1ccc2c(c1)OC1=CC(NC(=O)[C@H](CCCN=C(N)N)NC(=O)OCc3ccccc3)C=CC1=C2c1ccccc1C(=O)O. The van der Waals surface area contributed by atoms with E-state index in [1.807, 2.05) is 36.4 Å². The van der Waals surface area contributed by atoms with Gasteiger partial charge in [-0.05, 0) is 66.6 Å². The lowest BCUT2D eigenvalue weighted by Gasteiger charge is -2.30. The zero-order valence-electron chi connectivity index (χ0n) is 36.4. The molecule has 0 bridgehead atoms. The summed E-state index contributed by atoms with van der Waals surface area (Å²) in [6, 6.07) is 26.6. The number of hydrogen-bond acceptors (Lipinski definition) is 10. The maximum atomic E-state index is 13.9. The van der Waals surface area contributed by atoms with Crippen molar-refractivity contribution in [2.45, 2.75) is 57.0 Å². The van der Waals surface area contributed by atoms with Crippen LogP contribution in [0.3, 0.4) is 0 Å². The molecule has 6 rings (SSSR count). The number of carbonyl (C=O) groups is 5. The largest absolute Gasteiger partial charge is 0.478 e. The third-order valence-corrected chi connectivity index (χ3v) is 10.3. The van der Waals surface area contributed by atoms with Crippen molar-refractivity contribution in [3.05, 3.63) is 161 Å². The summed E-state index contributed by atoms with van der Waals surface area (Å²) in [5, 5.41) is 21.3. The van der Waals surface area contributed by atoms with E-state index in [0.717, 1.165) is 11.1 Å². The molecular weight excluding hydrogens is 861 g/mol. The van der Waals surface area contributed by atoms with Gasteiger partial charge in [-0.3, -0.25) is 19.6 Å². The number of allylic oxidation sites excluding steroid dienone is 1. The van der Waals surface area contributed by atoms with Gasteiger partial charge in [-0.15, -0.1) is 0 Å². The summed E-state index contributed by atoms with van der Waals surface area (Å²) in [5.41, 5.74) is 25.7. The van der Waals surface area contributed by atoms with Crippen LogP contribution in [0.4, 0.5) is 15.3 Å². The number of aromatic carboxylic acids is 1. The third kappa shape index (κ3) is 13.9. The van der Waals surface area contributed by atoms with Crippen LogP contribution in [0.25, 0.3) is 5.57 Å². The second-order valence-corrected chi connectivity index (χ2v) is 15.3. The number of anilines is 1. The first-order chi connectivity index (χ1) is 32.3. The predicted molar refractivity (Wildman–Crippen MR) is 251 cm³/mol. The first kappa shape index (κ1) is 47.9. The van der Waals surface area contributed by atoms with E-state index in [9.17, 15) is 29.1 Å². The summed E-state index contributed by atoms with van der Waals surface area (Å²) in [6.07, 6.45) is 4.46. The number of benzene rings is 4. The van der Waals surface area contributed by atoms with E-state index in [0.29, 0.717) is 35.1 Å². The number of carbonyl (C=O) groups excluding carboxylic acids is 4. The number of fused-ring (bicyclic) bond motifs is 2. The average molecular weight is 913 g/mol. The Morgan fingerprint density at radius 3 is 1.81 bits per heavy atom. The van der Waals surface area contributed by atoms with E-state index in [4.69, 9.17) is 37.1 Å². The molecule has 19 nitrogen and oxygen atoms in total. The smallest absolute Gasteiger partial charge is 0.408 e. The lowest BCUT2D eigenvalue weighted by Crippen LogP contribution is -2.49. The highest BCUT2D eigenvalue weighted by molar-refractivity contribution is 6.02. The van der Waals surface area contributed by atoms with Gasteiger partial charge in [0.15, 0.2) is 11.9 Å². The Hall–Kier alpha value is -8.61. The number of guanidine groups is 2. The number of nitrogens with one attached hydrogen (secondary N) is 4. The Kier molecular flexibility index (Phi) is 16.7. The normalized spacial score (nSPS) is 14.3. The molecule has 19 heteroatoms. The van der Waals surface area contributed by atoms with Gasteiger partial charge in [-0.25, -0.2) is 14.4 Å². The molecule has 3 atom stereocenters. The molecule has 1 aliphatic heterocycles. The summed E-state index contributed by atoms with van der Waals surface area (Å²) in [7, 11) is 0. The molecule has 4 aromatic carbocycles. The zero-order chi connectivity index (χ0) is 47.7. The van der Waals surface area contributed by atoms with Crippen LogP contribution in [0.5, 0.6) is 5.75 Å². The van der Waals surface area contributed by atoms with E-state index >= 15 is 0 Å². The van der Waals surface area contributed by atoms with Crippen molar-refractivity contribution in [2.24, 2.45) is 32.9 Å². The van der Waals surface area contributed by atoms with Gasteiger partial charge in [-0.1, -0.05) is 91.0 Å². The molecule has 0 saturated carbocycles. The number of nitrogens with zero attached hydrogens (tertiary/aromatic N) is 2. The molecule has 0 spiro atoms. The van der Waals surface area contributed by atoms with Crippen molar-refractivity contribution >= 4 is 53.1 Å². The van der Waals surface area contributed by atoms with E-state index in [1.54, 1.807) is 78.9 Å². The summed E-state index contributed by atoms with van der Waals surface area (Å²) < 4.78 is 17.2. The monoisotopic (exact) mass is 912 g/mol. The van der Waals surface area contributed by atoms with E-state index in [1.165, 1.54) is 6.07 Å².